The molecule has 126 valence electrons. The molecule has 0 spiro atoms. The maximum absolute atomic E-state index is 12.3. The lowest BCUT2D eigenvalue weighted by Crippen LogP contribution is -2.42. The van der Waals surface area contributed by atoms with E-state index in [-0.39, 0.29) is 18.2 Å². The summed E-state index contributed by atoms with van der Waals surface area (Å²) in [6.07, 6.45) is 6.02. The molecule has 0 radical (unpaired) electrons. The van der Waals surface area contributed by atoms with E-state index in [1.165, 1.54) is 29.7 Å². The number of nitrogens with one attached hydrogen (secondary N) is 2. The Morgan fingerprint density at radius 1 is 1.08 bits per heavy atom. The van der Waals surface area contributed by atoms with Gasteiger partial charge < -0.3 is 0 Å². The molecule has 0 saturated carbocycles. The second-order valence-electron chi connectivity index (χ2n) is 6.23. The zero-order valence-corrected chi connectivity index (χ0v) is 14.7. The maximum atomic E-state index is 12.3. The van der Waals surface area contributed by atoms with Gasteiger partial charge in [0.2, 0.25) is 5.91 Å². The van der Waals surface area contributed by atoms with E-state index in [0.717, 1.165) is 24.0 Å². The summed E-state index contributed by atoms with van der Waals surface area (Å²) < 4.78 is 0. The van der Waals surface area contributed by atoms with Crippen molar-refractivity contribution in [3.63, 3.8) is 0 Å². The zero-order valence-electron chi connectivity index (χ0n) is 13.9. The minimum absolute atomic E-state index is 0.212. The molecule has 0 aliphatic heterocycles. The topological polar surface area (TPSA) is 58.2 Å². The van der Waals surface area contributed by atoms with Crippen molar-refractivity contribution in [3.8, 4) is 0 Å². The number of amides is 2. The fourth-order valence-electron chi connectivity index (χ4n) is 2.99. The monoisotopic (exact) mass is 342 g/mol. The Balaban J connectivity index is 1.55. The van der Waals surface area contributed by atoms with Crippen LogP contribution >= 0.6 is 11.3 Å². The molecule has 0 atom stereocenters. The Morgan fingerprint density at radius 3 is 2.71 bits per heavy atom. The van der Waals surface area contributed by atoms with Crippen molar-refractivity contribution in [2.75, 3.05) is 0 Å². The highest BCUT2D eigenvalue weighted by Crippen LogP contribution is 2.28. The van der Waals surface area contributed by atoms with Gasteiger partial charge in [0.15, 0.2) is 0 Å². The lowest BCUT2D eigenvalue weighted by molar-refractivity contribution is -0.121. The van der Waals surface area contributed by atoms with Crippen molar-refractivity contribution in [2.45, 2.75) is 45.4 Å². The molecule has 2 amide bonds. The summed E-state index contributed by atoms with van der Waals surface area (Å²) in [6.45, 7) is 1.97. The van der Waals surface area contributed by atoms with E-state index in [0.29, 0.717) is 4.88 Å². The fraction of sp³-hybridized carbons (Fsp3) is 0.368. The van der Waals surface area contributed by atoms with E-state index < -0.39 is 0 Å². The SMILES string of the molecule is Cc1ccccc1CC(=O)NNC(=O)c1cc2c(s1)CCCCC2. The second kappa shape index (κ2) is 7.62. The van der Waals surface area contributed by atoms with Crippen LogP contribution in [0.2, 0.25) is 0 Å². The summed E-state index contributed by atoms with van der Waals surface area (Å²) in [5.41, 5.74) is 8.39. The van der Waals surface area contributed by atoms with Crippen molar-refractivity contribution in [1.29, 1.82) is 0 Å². The maximum Gasteiger partial charge on any atom is 0.279 e. The average molecular weight is 342 g/mol. The lowest BCUT2D eigenvalue weighted by atomic mass is 10.1. The molecule has 1 aliphatic carbocycles. The zero-order chi connectivity index (χ0) is 16.9. The summed E-state index contributed by atoms with van der Waals surface area (Å²) in [4.78, 5) is 26.3. The Morgan fingerprint density at radius 2 is 1.88 bits per heavy atom. The van der Waals surface area contributed by atoms with Crippen molar-refractivity contribution in [1.82, 2.24) is 10.9 Å². The standard InChI is InChI=1S/C19H22N2O2S/c1-13-7-5-6-8-14(13)12-18(22)20-21-19(23)17-11-15-9-3-2-4-10-16(15)24-17/h5-8,11H,2-4,9-10,12H2,1H3,(H,20,22)(H,21,23). The molecule has 0 fully saturated rings. The predicted octanol–water partition coefficient (Wildman–Crippen LogP) is 3.33. The van der Waals surface area contributed by atoms with Gasteiger partial charge in [0.05, 0.1) is 11.3 Å². The number of fused-ring (bicyclic) bond motifs is 1. The van der Waals surface area contributed by atoms with Gasteiger partial charge in [-0.05, 0) is 55.4 Å². The van der Waals surface area contributed by atoms with E-state index in [1.54, 1.807) is 11.3 Å². The fourth-order valence-corrected chi connectivity index (χ4v) is 4.14. The van der Waals surface area contributed by atoms with Crippen LogP contribution < -0.4 is 10.9 Å². The van der Waals surface area contributed by atoms with Crippen LogP contribution in [0, 0.1) is 6.92 Å². The van der Waals surface area contributed by atoms with Crippen LogP contribution in [0.5, 0.6) is 0 Å². The molecule has 0 bridgehead atoms. The molecular formula is C19H22N2O2S. The average Bonchev–Trinajstić information content (AvgIpc) is 2.86. The molecule has 1 aromatic heterocycles. The third-order valence-corrected chi connectivity index (χ3v) is 5.63. The number of benzene rings is 1. The molecule has 0 unspecified atom stereocenters. The number of carbonyl (C=O) groups is 2. The summed E-state index contributed by atoms with van der Waals surface area (Å²) >= 11 is 1.55. The molecule has 0 saturated heterocycles. The van der Waals surface area contributed by atoms with Crippen LogP contribution in [0.1, 0.15) is 50.5 Å². The Hall–Kier alpha value is -2.14. The second-order valence-corrected chi connectivity index (χ2v) is 7.36. The minimum atomic E-state index is -0.230. The number of hydrogen-bond donors (Lipinski definition) is 2. The van der Waals surface area contributed by atoms with Gasteiger partial charge >= 0.3 is 0 Å². The number of hydrogen-bond acceptors (Lipinski definition) is 3. The highest BCUT2D eigenvalue weighted by Gasteiger charge is 2.17. The van der Waals surface area contributed by atoms with E-state index in [2.05, 4.69) is 10.9 Å². The van der Waals surface area contributed by atoms with Crippen LogP contribution in [0.25, 0.3) is 0 Å². The van der Waals surface area contributed by atoms with E-state index in [9.17, 15) is 9.59 Å². The first kappa shape index (κ1) is 16.7. The smallest absolute Gasteiger partial charge is 0.273 e. The summed E-state index contributed by atoms with van der Waals surface area (Å²) in [5, 5.41) is 0. The first-order valence-electron chi connectivity index (χ1n) is 8.39. The first-order chi connectivity index (χ1) is 11.6. The third kappa shape index (κ3) is 4.03. The molecule has 4 nitrogen and oxygen atoms in total. The van der Waals surface area contributed by atoms with Gasteiger partial charge in [-0.25, -0.2) is 0 Å². The third-order valence-electron chi connectivity index (χ3n) is 4.40. The summed E-state index contributed by atoms with van der Waals surface area (Å²) in [5.74, 6) is -0.443. The van der Waals surface area contributed by atoms with Gasteiger partial charge in [0, 0.05) is 4.88 Å². The van der Waals surface area contributed by atoms with Crippen LogP contribution in [0.4, 0.5) is 0 Å². The Kier molecular flexibility index (Phi) is 5.30. The van der Waals surface area contributed by atoms with Gasteiger partial charge in [0.1, 0.15) is 0 Å². The summed E-state index contributed by atoms with van der Waals surface area (Å²) in [6, 6.07) is 9.73. The van der Waals surface area contributed by atoms with Gasteiger partial charge in [-0.15, -0.1) is 11.3 Å². The van der Waals surface area contributed by atoms with Crippen LogP contribution in [-0.2, 0) is 24.1 Å². The van der Waals surface area contributed by atoms with Crippen molar-refractivity contribution < 1.29 is 9.59 Å². The Bertz CT molecular complexity index is 728. The first-order valence-corrected chi connectivity index (χ1v) is 9.20. The highest BCUT2D eigenvalue weighted by atomic mass is 32.1. The summed E-state index contributed by atoms with van der Waals surface area (Å²) in [7, 11) is 0. The molecule has 2 N–H and O–H groups in total. The largest absolute Gasteiger partial charge is 0.279 e. The van der Waals surface area contributed by atoms with E-state index >= 15 is 0 Å². The van der Waals surface area contributed by atoms with Gasteiger partial charge in [-0.1, -0.05) is 30.7 Å². The molecular weight excluding hydrogens is 320 g/mol. The number of hydrazine groups is 1. The number of carbonyl (C=O) groups excluding carboxylic acids is 2. The number of thiophene rings is 1. The predicted molar refractivity (Wildman–Crippen MR) is 96.1 cm³/mol. The quantitative estimate of drug-likeness (QED) is 0.664. The van der Waals surface area contributed by atoms with E-state index in [1.807, 2.05) is 37.3 Å². The van der Waals surface area contributed by atoms with Crippen LogP contribution in [0.3, 0.4) is 0 Å². The highest BCUT2D eigenvalue weighted by molar-refractivity contribution is 7.14. The van der Waals surface area contributed by atoms with Crippen molar-refractivity contribution in [2.24, 2.45) is 0 Å². The Labute approximate surface area is 146 Å². The minimum Gasteiger partial charge on any atom is -0.273 e. The molecule has 1 heterocycles. The van der Waals surface area contributed by atoms with Crippen LogP contribution in [-0.4, -0.2) is 11.8 Å². The molecule has 1 aromatic carbocycles. The number of rotatable bonds is 3. The number of aryl methyl sites for hydroxylation is 3. The molecule has 1 aliphatic rings. The van der Waals surface area contributed by atoms with Gasteiger partial charge in [0.25, 0.3) is 5.91 Å². The molecule has 24 heavy (non-hydrogen) atoms. The molecule has 2 aromatic rings. The molecule has 5 heteroatoms. The van der Waals surface area contributed by atoms with E-state index in [4.69, 9.17) is 0 Å². The van der Waals surface area contributed by atoms with Gasteiger partial charge in [-0.2, -0.15) is 0 Å². The van der Waals surface area contributed by atoms with Crippen LogP contribution in [0.15, 0.2) is 30.3 Å². The van der Waals surface area contributed by atoms with Crippen molar-refractivity contribution in [3.05, 3.63) is 56.8 Å². The van der Waals surface area contributed by atoms with Crippen molar-refractivity contribution >= 4 is 23.2 Å². The van der Waals surface area contributed by atoms with Gasteiger partial charge in [-0.3, -0.25) is 20.4 Å². The lowest BCUT2D eigenvalue weighted by Gasteiger charge is -2.08. The molecule has 3 rings (SSSR count). The normalized spacial score (nSPS) is 13.7.